The van der Waals surface area contributed by atoms with Crippen molar-refractivity contribution in [2.75, 3.05) is 0 Å². The summed E-state index contributed by atoms with van der Waals surface area (Å²) in [5, 5.41) is 18.8. The number of nitrogens with zero attached hydrogens (tertiary/aromatic N) is 3. The summed E-state index contributed by atoms with van der Waals surface area (Å²) < 4.78 is 1.65. The molecular formula is C16H19N3O2. The van der Waals surface area contributed by atoms with Crippen molar-refractivity contribution in [3.8, 4) is 5.88 Å². The second-order valence-electron chi connectivity index (χ2n) is 5.62. The van der Waals surface area contributed by atoms with Crippen LogP contribution >= 0.6 is 0 Å². The third-order valence-corrected chi connectivity index (χ3v) is 4.25. The number of benzene rings is 1. The number of rotatable bonds is 2. The lowest BCUT2D eigenvalue weighted by molar-refractivity contribution is -0.122. The van der Waals surface area contributed by atoms with Crippen molar-refractivity contribution in [3.63, 3.8) is 0 Å². The van der Waals surface area contributed by atoms with Crippen LogP contribution in [0.2, 0.25) is 0 Å². The summed E-state index contributed by atoms with van der Waals surface area (Å²) in [6.45, 7) is 0. The number of fused-ring (bicyclic) bond motifs is 1. The van der Waals surface area contributed by atoms with Gasteiger partial charge in [0.1, 0.15) is 0 Å². The molecule has 5 heteroatoms. The van der Waals surface area contributed by atoms with Crippen LogP contribution in [0.1, 0.15) is 32.1 Å². The van der Waals surface area contributed by atoms with Crippen molar-refractivity contribution < 1.29 is 9.90 Å². The molecule has 0 atom stereocenters. The largest absolute Gasteiger partial charge is 0.493 e. The van der Waals surface area contributed by atoms with E-state index in [-0.39, 0.29) is 17.7 Å². The van der Waals surface area contributed by atoms with Crippen LogP contribution in [-0.2, 0) is 11.8 Å². The Morgan fingerprint density at radius 2 is 1.95 bits per heavy atom. The van der Waals surface area contributed by atoms with Gasteiger partial charge < -0.3 is 9.67 Å². The molecule has 0 aliphatic heterocycles. The molecule has 0 saturated heterocycles. The predicted molar refractivity (Wildman–Crippen MR) is 80.7 cm³/mol. The molecule has 0 bridgehead atoms. The molecule has 1 heterocycles. The predicted octanol–water partition coefficient (Wildman–Crippen LogP) is 4.07. The van der Waals surface area contributed by atoms with Gasteiger partial charge in [-0.25, -0.2) is 0 Å². The number of aromatic hydroxyl groups is 1. The number of carbonyl (C=O) groups is 1. The standard InChI is InChI=1S/C16H19N3O2/c1-19-13-10-6-5-9-12(13)14(16(19)21)17-18-15(20)11-7-3-2-4-8-11/h5-6,9-11,21H,2-4,7-8H2,1H3. The van der Waals surface area contributed by atoms with Gasteiger partial charge in [0.25, 0.3) is 5.91 Å². The Kier molecular flexibility index (Phi) is 3.73. The Labute approximate surface area is 123 Å². The lowest BCUT2D eigenvalue weighted by atomic mass is 9.89. The first-order valence-corrected chi connectivity index (χ1v) is 7.40. The van der Waals surface area contributed by atoms with Crippen LogP contribution in [0.4, 0.5) is 5.69 Å². The summed E-state index contributed by atoms with van der Waals surface area (Å²) in [5.74, 6) is -0.127. The minimum Gasteiger partial charge on any atom is -0.493 e. The highest BCUT2D eigenvalue weighted by Gasteiger charge is 2.21. The van der Waals surface area contributed by atoms with Gasteiger partial charge in [-0.2, -0.15) is 0 Å². The zero-order valence-electron chi connectivity index (χ0n) is 12.1. The van der Waals surface area contributed by atoms with Gasteiger partial charge in [-0.3, -0.25) is 4.79 Å². The Balaban J connectivity index is 1.89. The molecule has 0 unspecified atom stereocenters. The van der Waals surface area contributed by atoms with E-state index in [1.54, 1.807) is 11.6 Å². The third kappa shape index (κ3) is 2.55. The summed E-state index contributed by atoms with van der Waals surface area (Å²) in [4.78, 5) is 12.1. The Hall–Kier alpha value is -2.17. The molecule has 1 aromatic heterocycles. The van der Waals surface area contributed by atoms with E-state index in [1.807, 2.05) is 24.3 Å². The Morgan fingerprint density at radius 3 is 2.71 bits per heavy atom. The summed E-state index contributed by atoms with van der Waals surface area (Å²) in [7, 11) is 1.76. The molecule has 1 saturated carbocycles. The number of para-hydroxylation sites is 1. The second kappa shape index (κ2) is 5.68. The van der Waals surface area contributed by atoms with Gasteiger partial charge in [0.2, 0.25) is 5.88 Å². The first-order chi connectivity index (χ1) is 10.2. The highest BCUT2D eigenvalue weighted by atomic mass is 16.3. The van der Waals surface area contributed by atoms with E-state index in [1.165, 1.54) is 6.42 Å². The van der Waals surface area contributed by atoms with Crippen molar-refractivity contribution in [2.24, 2.45) is 23.2 Å². The van der Waals surface area contributed by atoms with Crippen LogP contribution in [0.5, 0.6) is 5.88 Å². The van der Waals surface area contributed by atoms with E-state index in [4.69, 9.17) is 0 Å². The molecule has 0 radical (unpaired) electrons. The number of hydrogen-bond donors (Lipinski definition) is 1. The van der Waals surface area contributed by atoms with Crippen LogP contribution in [-0.4, -0.2) is 15.6 Å². The van der Waals surface area contributed by atoms with Crippen molar-refractivity contribution in [3.05, 3.63) is 24.3 Å². The van der Waals surface area contributed by atoms with Crippen molar-refractivity contribution in [1.29, 1.82) is 0 Å². The van der Waals surface area contributed by atoms with Gasteiger partial charge in [-0.05, 0) is 18.9 Å². The fraction of sp³-hybridized carbons (Fsp3) is 0.438. The number of azo groups is 1. The zero-order valence-corrected chi connectivity index (χ0v) is 12.1. The van der Waals surface area contributed by atoms with E-state index < -0.39 is 0 Å². The molecule has 0 spiro atoms. The molecule has 1 fully saturated rings. The summed E-state index contributed by atoms with van der Waals surface area (Å²) >= 11 is 0. The molecule has 1 N–H and O–H groups in total. The van der Waals surface area contributed by atoms with Crippen molar-refractivity contribution in [2.45, 2.75) is 32.1 Å². The first kappa shape index (κ1) is 13.8. The zero-order chi connectivity index (χ0) is 14.8. The topological polar surface area (TPSA) is 66.9 Å². The molecule has 110 valence electrons. The molecule has 1 aromatic carbocycles. The summed E-state index contributed by atoms with van der Waals surface area (Å²) in [6, 6.07) is 7.55. The van der Waals surface area contributed by atoms with Crippen molar-refractivity contribution >= 4 is 22.5 Å². The molecule has 21 heavy (non-hydrogen) atoms. The van der Waals surface area contributed by atoms with E-state index in [2.05, 4.69) is 10.2 Å². The minimum absolute atomic E-state index is 0.000353. The first-order valence-electron chi connectivity index (χ1n) is 7.40. The van der Waals surface area contributed by atoms with Gasteiger partial charge in [0.15, 0.2) is 5.69 Å². The Bertz CT molecular complexity index is 697. The fourth-order valence-electron chi connectivity index (χ4n) is 2.99. The molecule has 1 aliphatic rings. The SMILES string of the molecule is Cn1c(O)c(N=NC(=O)C2CCCCC2)c2ccccc21. The lowest BCUT2D eigenvalue weighted by Gasteiger charge is -2.17. The fourth-order valence-corrected chi connectivity index (χ4v) is 2.99. The van der Waals surface area contributed by atoms with E-state index >= 15 is 0 Å². The number of hydrogen-bond acceptors (Lipinski definition) is 3. The summed E-state index contributed by atoms with van der Waals surface area (Å²) in [5.41, 5.74) is 1.24. The molecule has 1 amide bonds. The number of aromatic nitrogens is 1. The highest BCUT2D eigenvalue weighted by Crippen LogP contribution is 2.38. The van der Waals surface area contributed by atoms with Gasteiger partial charge in [0, 0.05) is 18.4 Å². The lowest BCUT2D eigenvalue weighted by Crippen LogP contribution is -2.15. The van der Waals surface area contributed by atoms with Gasteiger partial charge >= 0.3 is 0 Å². The third-order valence-electron chi connectivity index (χ3n) is 4.25. The van der Waals surface area contributed by atoms with Crippen molar-refractivity contribution in [1.82, 2.24) is 4.57 Å². The van der Waals surface area contributed by atoms with Crippen LogP contribution in [0.15, 0.2) is 34.5 Å². The van der Waals surface area contributed by atoms with E-state index in [9.17, 15) is 9.90 Å². The number of amides is 1. The van der Waals surface area contributed by atoms with Crippen LogP contribution in [0.3, 0.4) is 0 Å². The molecule has 3 rings (SSSR count). The quantitative estimate of drug-likeness (QED) is 0.845. The van der Waals surface area contributed by atoms with E-state index in [0.29, 0.717) is 5.69 Å². The van der Waals surface area contributed by atoms with Gasteiger partial charge in [0.05, 0.1) is 5.52 Å². The maximum absolute atomic E-state index is 12.1. The molecular weight excluding hydrogens is 266 g/mol. The van der Waals surface area contributed by atoms with Crippen LogP contribution in [0, 0.1) is 5.92 Å². The minimum atomic E-state index is -0.165. The average Bonchev–Trinajstić information content (AvgIpc) is 2.78. The average molecular weight is 285 g/mol. The monoisotopic (exact) mass is 285 g/mol. The number of aryl methyl sites for hydroxylation is 1. The van der Waals surface area contributed by atoms with Gasteiger partial charge in [-0.15, -0.1) is 10.2 Å². The van der Waals surface area contributed by atoms with E-state index in [0.717, 1.165) is 36.6 Å². The van der Waals surface area contributed by atoms with Crippen LogP contribution in [0.25, 0.3) is 10.9 Å². The maximum atomic E-state index is 12.1. The molecule has 5 nitrogen and oxygen atoms in total. The highest BCUT2D eigenvalue weighted by molar-refractivity contribution is 5.95. The maximum Gasteiger partial charge on any atom is 0.267 e. The second-order valence-corrected chi connectivity index (χ2v) is 5.62. The van der Waals surface area contributed by atoms with Gasteiger partial charge in [-0.1, -0.05) is 37.5 Å². The number of carbonyl (C=O) groups excluding carboxylic acids is 1. The normalized spacial score (nSPS) is 16.8. The molecule has 1 aliphatic carbocycles. The molecule has 2 aromatic rings. The summed E-state index contributed by atoms with van der Waals surface area (Å²) in [6.07, 6.45) is 5.18. The smallest absolute Gasteiger partial charge is 0.267 e. The van der Waals surface area contributed by atoms with Crippen LogP contribution < -0.4 is 0 Å². The Morgan fingerprint density at radius 1 is 1.24 bits per heavy atom.